The van der Waals surface area contributed by atoms with Crippen molar-refractivity contribution in [1.82, 2.24) is 10.2 Å². The van der Waals surface area contributed by atoms with Crippen molar-refractivity contribution in [3.8, 4) is 0 Å². The number of aryl methyl sites for hydroxylation is 2. The Kier molecular flexibility index (Phi) is 8.27. The highest BCUT2D eigenvalue weighted by molar-refractivity contribution is 5.88. The number of nitrogens with one attached hydrogen (secondary N) is 1. The molecule has 4 heteroatoms. The van der Waals surface area contributed by atoms with Crippen molar-refractivity contribution in [2.75, 3.05) is 6.54 Å². The lowest BCUT2D eigenvalue weighted by molar-refractivity contribution is -0.140. The fraction of sp³-hybridized carbons (Fsp3) is 0.481. The molecule has 0 aliphatic heterocycles. The van der Waals surface area contributed by atoms with Crippen LogP contribution < -0.4 is 5.32 Å². The Morgan fingerprint density at radius 2 is 1.77 bits per heavy atom. The van der Waals surface area contributed by atoms with Crippen molar-refractivity contribution < 1.29 is 9.59 Å². The van der Waals surface area contributed by atoms with Gasteiger partial charge in [0.2, 0.25) is 11.8 Å². The molecule has 1 atom stereocenters. The fourth-order valence-electron chi connectivity index (χ4n) is 4.52. The number of rotatable bonds is 9. The van der Waals surface area contributed by atoms with Crippen LogP contribution >= 0.6 is 0 Å². The molecule has 1 aliphatic carbocycles. The Labute approximate surface area is 187 Å². The van der Waals surface area contributed by atoms with Crippen LogP contribution in [0.1, 0.15) is 61.3 Å². The highest BCUT2D eigenvalue weighted by Gasteiger charge is 2.30. The van der Waals surface area contributed by atoms with Crippen molar-refractivity contribution in [2.24, 2.45) is 0 Å². The summed E-state index contributed by atoms with van der Waals surface area (Å²) < 4.78 is 0. The van der Waals surface area contributed by atoms with E-state index in [0.29, 0.717) is 19.4 Å². The number of benzene rings is 2. The molecule has 31 heavy (non-hydrogen) atoms. The number of amides is 2. The molecular weight excluding hydrogens is 384 g/mol. The summed E-state index contributed by atoms with van der Waals surface area (Å²) in [5.41, 5.74) is 4.49. The maximum atomic E-state index is 13.5. The highest BCUT2D eigenvalue weighted by atomic mass is 16.2. The van der Waals surface area contributed by atoms with Gasteiger partial charge in [-0.2, -0.15) is 0 Å². The molecular formula is C27H36N2O2. The number of hydrogen-bond donors (Lipinski definition) is 1. The summed E-state index contributed by atoms with van der Waals surface area (Å²) >= 11 is 0. The van der Waals surface area contributed by atoms with Crippen LogP contribution in [0.4, 0.5) is 0 Å². The molecule has 0 radical (unpaired) electrons. The van der Waals surface area contributed by atoms with Gasteiger partial charge in [0.15, 0.2) is 0 Å². The van der Waals surface area contributed by atoms with E-state index in [2.05, 4.69) is 35.6 Å². The second-order valence-corrected chi connectivity index (χ2v) is 8.84. The van der Waals surface area contributed by atoms with Crippen LogP contribution in [0.5, 0.6) is 0 Å². The first-order chi connectivity index (χ1) is 15.0. The fourth-order valence-corrected chi connectivity index (χ4v) is 4.52. The molecule has 0 spiro atoms. The topological polar surface area (TPSA) is 49.4 Å². The predicted molar refractivity (Wildman–Crippen MR) is 126 cm³/mol. The Balaban J connectivity index is 1.78. The third-order valence-electron chi connectivity index (χ3n) is 6.42. The first kappa shape index (κ1) is 23.1. The van der Waals surface area contributed by atoms with Crippen LogP contribution in [0.2, 0.25) is 0 Å². The molecule has 4 nitrogen and oxygen atoms in total. The quantitative estimate of drug-likeness (QED) is 0.636. The molecule has 0 bridgehead atoms. The zero-order chi connectivity index (χ0) is 22.2. The second kappa shape index (κ2) is 11.1. The highest BCUT2D eigenvalue weighted by Crippen LogP contribution is 2.19. The minimum absolute atomic E-state index is 0.00299. The average molecular weight is 421 g/mol. The number of carbonyl (C=O) groups excluding carboxylic acids is 2. The van der Waals surface area contributed by atoms with E-state index >= 15 is 0 Å². The van der Waals surface area contributed by atoms with E-state index in [1.807, 2.05) is 43.9 Å². The molecule has 1 saturated carbocycles. The lowest BCUT2D eigenvalue weighted by Gasteiger charge is -2.32. The van der Waals surface area contributed by atoms with E-state index < -0.39 is 6.04 Å². The van der Waals surface area contributed by atoms with Crippen LogP contribution in [0, 0.1) is 13.8 Å². The van der Waals surface area contributed by atoms with Crippen molar-refractivity contribution in [3.63, 3.8) is 0 Å². The Morgan fingerprint density at radius 3 is 2.45 bits per heavy atom. The average Bonchev–Trinajstić information content (AvgIpc) is 3.27. The molecule has 0 aromatic heterocycles. The molecule has 1 N–H and O–H groups in total. The Bertz CT molecular complexity index is 872. The summed E-state index contributed by atoms with van der Waals surface area (Å²) in [5, 5.41) is 3.21. The smallest absolute Gasteiger partial charge is 0.243 e. The zero-order valence-corrected chi connectivity index (χ0v) is 19.2. The largest absolute Gasteiger partial charge is 0.352 e. The predicted octanol–water partition coefficient (Wildman–Crippen LogP) is 4.75. The Hall–Kier alpha value is -2.62. The normalized spacial score (nSPS) is 14.9. The minimum Gasteiger partial charge on any atom is -0.352 e. The van der Waals surface area contributed by atoms with Gasteiger partial charge in [0, 0.05) is 12.6 Å². The van der Waals surface area contributed by atoms with Crippen molar-refractivity contribution in [1.29, 1.82) is 0 Å². The van der Waals surface area contributed by atoms with E-state index in [1.54, 1.807) is 0 Å². The minimum atomic E-state index is -0.429. The standard InChI is InChI=1S/C27H36N2O2/c1-4-25(27(31)28-24-12-8-9-13-24)29(17-16-22-10-6-5-7-11-22)26(30)19-23-18-20(2)14-15-21(23)3/h5-7,10-11,14-15,18,24-25H,4,8-9,12-13,16-17,19H2,1-3H3,(H,28,31)/t25-/m0/s1. The molecule has 3 rings (SSSR count). The molecule has 0 heterocycles. The number of nitrogens with zero attached hydrogens (tertiary/aromatic N) is 1. The maximum absolute atomic E-state index is 13.5. The SMILES string of the molecule is CC[C@@H](C(=O)NC1CCCC1)N(CCc1ccccc1)C(=O)Cc1cc(C)ccc1C. The van der Waals surface area contributed by atoms with E-state index in [-0.39, 0.29) is 17.9 Å². The summed E-state index contributed by atoms with van der Waals surface area (Å²) in [4.78, 5) is 28.5. The first-order valence-electron chi connectivity index (χ1n) is 11.7. The zero-order valence-electron chi connectivity index (χ0n) is 19.2. The lowest BCUT2D eigenvalue weighted by atomic mass is 10.0. The van der Waals surface area contributed by atoms with Gasteiger partial charge in [-0.1, -0.05) is 73.9 Å². The monoisotopic (exact) mass is 420 g/mol. The van der Waals surface area contributed by atoms with Crippen molar-refractivity contribution >= 4 is 11.8 Å². The van der Waals surface area contributed by atoms with E-state index in [0.717, 1.165) is 36.0 Å². The van der Waals surface area contributed by atoms with E-state index in [4.69, 9.17) is 0 Å². The van der Waals surface area contributed by atoms with Gasteiger partial charge in [0.1, 0.15) is 6.04 Å². The number of hydrogen-bond acceptors (Lipinski definition) is 2. The summed E-state index contributed by atoms with van der Waals surface area (Å²) in [5.74, 6) is 0.0230. The molecule has 0 saturated heterocycles. The number of carbonyl (C=O) groups is 2. The molecule has 0 unspecified atom stereocenters. The van der Waals surface area contributed by atoms with Crippen LogP contribution in [-0.2, 0) is 22.4 Å². The second-order valence-electron chi connectivity index (χ2n) is 8.84. The summed E-state index contributed by atoms with van der Waals surface area (Å²) in [6.45, 7) is 6.63. The van der Waals surface area contributed by atoms with Gasteiger partial charge in [-0.15, -0.1) is 0 Å². The summed E-state index contributed by atoms with van der Waals surface area (Å²) in [6.07, 6.45) is 6.12. The first-order valence-corrected chi connectivity index (χ1v) is 11.7. The summed E-state index contributed by atoms with van der Waals surface area (Å²) in [6, 6.07) is 16.2. The third-order valence-corrected chi connectivity index (χ3v) is 6.42. The van der Waals surface area contributed by atoms with E-state index in [9.17, 15) is 9.59 Å². The van der Waals surface area contributed by atoms with Crippen LogP contribution in [0.15, 0.2) is 48.5 Å². The van der Waals surface area contributed by atoms with E-state index in [1.165, 1.54) is 18.4 Å². The van der Waals surface area contributed by atoms with Gasteiger partial charge in [-0.3, -0.25) is 9.59 Å². The maximum Gasteiger partial charge on any atom is 0.243 e. The van der Waals surface area contributed by atoms with Crippen LogP contribution in [-0.4, -0.2) is 35.3 Å². The van der Waals surface area contributed by atoms with Gasteiger partial charge in [-0.25, -0.2) is 0 Å². The van der Waals surface area contributed by atoms with Crippen LogP contribution in [0.3, 0.4) is 0 Å². The molecule has 2 amide bonds. The van der Waals surface area contributed by atoms with Crippen molar-refractivity contribution in [3.05, 3.63) is 70.8 Å². The lowest BCUT2D eigenvalue weighted by Crippen LogP contribution is -2.52. The molecule has 2 aromatic rings. The van der Waals surface area contributed by atoms with Gasteiger partial charge >= 0.3 is 0 Å². The molecule has 2 aromatic carbocycles. The van der Waals surface area contributed by atoms with Crippen LogP contribution in [0.25, 0.3) is 0 Å². The molecule has 1 fully saturated rings. The van der Waals surface area contributed by atoms with Gasteiger partial charge in [0.25, 0.3) is 0 Å². The molecule has 1 aliphatic rings. The van der Waals surface area contributed by atoms with Crippen molar-refractivity contribution in [2.45, 2.75) is 77.8 Å². The summed E-state index contributed by atoms with van der Waals surface area (Å²) in [7, 11) is 0. The van der Waals surface area contributed by atoms with Gasteiger partial charge in [0.05, 0.1) is 6.42 Å². The van der Waals surface area contributed by atoms with Gasteiger partial charge < -0.3 is 10.2 Å². The van der Waals surface area contributed by atoms with Gasteiger partial charge in [-0.05, 0) is 56.2 Å². The molecule has 166 valence electrons. The third kappa shape index (κ3) is 6.43. The Morgan fingerprint density at radius 1 is 1.06 bits per heavy atom.